The molecule has 0 saturated carbocycles. The Kier molecular flexibility index (Phi) is 39.0. The van der Waals surface area contributed by atoms with E-state index in [1.54, 1.807) is 11.9 Å². The third-order valence-corrected chi connectivity index (χ3v) is 21.0. The fourth-order valence-corrected chi connectivity index (χ4v) is 15.8. The average molecular weight is 1060 g/mol. The molecule has 430 valence electrons. The monoisotopic (exact) mass is 1060 g/mol. The van der Waals surface area contributed by atoms with Gasteiger partial charge in [-0.15, -0.1) is 0 Å². The van der Waals surface area contributed by atoms with Crippen molar-refractivity contribution in [3.05, 3.63) is 60.7 Å². The molecule has 1 amide bonds. The van der Waals surface area contributed by atoms with Gasteiger partial charge in [-0.3, -0.25) is 14.4 Å². The fraction of sp³-hybridized carbons (Fsp3) is 0.773. The molecule has 8 nitrogen and oxygen atoms in total. The van der Waals surface area contributed by atoms with Gasteiger partial charge in [-0.25, -0.2) is 0 Å². The van der Waals surface area contributed by atoms with E-state index >= 15 is 0 Å². The van der Waals surface area contributed by atoms with E-state index in [4.69, 9.17) is 13.9 Å². The minimum Gasteiger partial charge on any atom is -0.465 e. The van der Waals surface area contributed by atoms with Crippen molar-refractivity contribution in [1.82, 2.24) is 9.80 Å². The number of nitrogens with zero attached hydrogens (tertiary/aromatic N) is 2. The van der Waals surface area contributed by atoms with Crippen molar-refractivity contribution in [3.63, 3.8) is 0 Å². The molecule has 0 fully saturated rings. The third kappa shape index (κ3) is 29.0. The van der Waals surface area contributed by atoms with Gasteiger partial charge in [0.25, 0.3) is 8.32 Å². The quantitative estimate of drug-likeness (QED) is 0.0371. The molecule has 0 aliphatic heterocycles. The molecule has 0 N–H and O–H groups in total. The number of amides is 1. The van der Waals surface area contributed by atoms with Gasteiger partial charge in [-0.05, 0) is 80.2 Å². The van der Waals surface area contributed by atoms with Crippen LogP contribution in [0.15, 0.2) is 60.7 Å². The van der Waals surface area contributed by atoms with Crippen LogP contribution < -0.4 is 10.4 Å². The van der Waals surface area contributed by atoms with Crippen molar-refractivity contribution in [2.45, 2.75) is 271 Å². The molecule has 3 unspecified atom stereocenters. The Bertz CT molecular complexity index is 1650. The first-order chi connectivity index (χ1) is 36.4. The van der Waals surface area contributed by atoms with Crippen molar-refractivity contribution >= 4 is 36.5 Å². The summed E-state index contributed by atoms with van der Waals surface area (Å²) in [6.45, 7) is 18.6. The SMILES string of the molecule is CCCCCCCCC(CCCCCC)C(=O)OCCCCCC(CCCCCOC(=O)CN(C)C(=O)C(CCCCCC)CCCCCCCC)N(C)CCCO[Si](c1ccccc1)(c1ccccc1)C(C)(C)C. The Balaban J connectivity index is 2.00. The molecule has 0 bridgehead atoms. The summed E-state index contributed by atoms with van der Waals surface area (Å²) >= 11 is 0. The van der Waals surface area contributed by atoms with Crippen molar-refractivity contribution < 1.29 is 28.3 Å². The normalized spacial score (nSPS) is 13.2. The van der Waals surface area contributed by atoms with Crippen LogP contribution in [-0.4, -0.2) is 89.0 Å². The second-order valence-electron chi connectivity index (χ2n) is 23.5. The van der Waals surface area contributed by atoms with Crippen LogP contribution in [0, 0.1) is 11.8 Å². The zero-order valence-corrected chi connectivity index (χ0v) is 51.2. The summed E-state index contributed by atoms with van der Waals surface area (Å²) in [5.41, 5.74) is 0. The number of hydrogen-bond acceptors (Lipinski definition) is 7. The van der Waals surface area contributed by atoms with Crippen molar-refractivity contribution in [3.8, 4) is 0 Å². The molecular weight excluding hydrogens is 945 g/mol. The highest BCUT2D eigenvalue weighted by Crippen LogP contribution is 2.37. The molecule has 0 aliphatic carbocycles. The molecule has 9 heteroatoms. The number of carbonyl (C=O) groups excluding carboxylic acids is 3. The number of carbonyl (C=O) groups is 3. The van der Waals surface area contributed by atoms with E-state index in [1.165, 1.54) is 107 Å². The maximum absolute atomic E-state index is 13.6. The highest BCUT2D eigenvalue weighted by atomic mass is 28.4. The molecule has 0 spiro atoms. The Morgan fingerprint density at radius 3 is 1.31 bits per heavy atom. The van der Waals surface area contributed by atoms with Crippen LogP contribution >= 0.6 is 0 Å². The van der Waals surface area contributed by atoms with E-state index in [0.29, 0.717) is 25.9 Å². The maximum Gasteiger partial charge on any atom is 0.325 e. The number of esters is 2. The number of benzene rings is 2. The number of hydrogen-bond donors (Lipinski definition) is 0. The van der Waals surface area contributed by atoms with Gasteiger partial charge in [0.05, 0.1) is 19.1 Å². The largest absolute Gasteiger partial charge is 0.465 e. The molecule has 2 aromatic rings. The number of likely N-dealkylation sites (N-methyl/N-ethyl adjacent to an activating group) is 1. The van der Waals surface area contributed by atoms with E-state index < -0.39 is 8.32 Å². The first-order valence-electron chi connectivity index (χ1n) is 31.4. The van der Waals surface area contributed by atoms with Crippen molar-refractivity contribution in [1.29, 1.82) is 0 Å². The van der Waals surface area contributed by atoms with E-state index in [9.17, 15) is 14.4 Å². The standard InChI is InChI=1S/C66H116N2O6Si/c1-10-14-18-22-24-32-44-58(43-30-20-16-12-3)64(70)68(9)57-63(69)72-54-40-28-34-47-60(48-35-29-41-55-73-65(71)59(45-31-21-17-13-4)46-33-25-23-19-15-11-2)67(8)53-42-56-74-75(66(5,6)7,61-49-36-26-37-50-61)62-51-38-27-39-52-62/h26-27,36-39,49-52,58-60H,10-25,28-35,40-48,53-57H2,1-9H3. The lowest BCUT2D eigenvalue weighted by atomic mass is 9.93. The lowest BCUT2D eigenvalue weighted by Crippen LogP contribution is -2.66. The summed E-state index contributed by atoms with van der Waals surface area (Å²) in [5, 5.41) is 2.56. The molecule has 0 radical (unpaired) electrons. The van der Waals surface area contributed by atoms with Crippen LogP contribution in [0.4, 0.5) is 0 Å². The van der Waals surface area contributed by atoms with E-state index in [0.717, 1.165) is 122 Å². The summed E-state index contributed by atoms with van der Waals surface area (Å²) in [6.07, 6.45) is 36.9. The highest BCUT2D eigenvalue weighted by Gasteiger charge is 2.50. The van der Waals surface area contributed by atoms with Crippen molar-refractivity contribution in [2.24, 2.45) is 11.8 Å². The van der Waals surface area contributed by atoms with Crippen LogP contribution in [0.5, 0.6) is 0 Å². The molecule has 0 heterocycles. The van der Waals surface area contributed by atoms with Gasteiger partial charge in [-0.1, -0.05) is 263 Å². The fourth-order valence-electron chi connectivity index (χ4n) is 11.2. The van der Waals surface area contributed by atoms with Crippen LogP contribution in [0.1, 0.15) is 260 Å². The highest BCUT2D eigenvalue weighted by molar-refractivity contribution is 6.99. The van der Waals surface area contributed by atoms with Gasteiger partial charge in [0.2, 0.25) is 5.91 Å². The molecule has 0 aliphatic rings. The van der Waals surface area contributed by atoms with E-state index in [2.05, 4.69) is 121 Å². The molecule has 0 aromatic heterocycles. The smallest absolute Gasteiger partial charge is 0.325 e. The molecule has 75 heavy (non-hydrogen) atoms. The Labute approximate surface area is 463 Å². The molecule has 3 atom stereocenters. The Morgan fingerprint density at radius 1 is 0.467 bits per heavy atom. The molecule has 2 rings (SSSR count). The molecule has 2 aromatic carbocycles. The third-order valence-electron chi connectivity index (χ3n) is 15.9. The lowest BCUT2D eigenvalue weighted by Gasteiger charge is -2.43. The summed E-state index contributed by atoms with van der Waals surface area (Å²) in [7, 11) is 1.45. The second-order valence-corrected chi connectivity index (χ2v) is 27.8. The predicted molar refractivity (Wildman–Crippen MR) is 322 cm³/mol. The first kappa shape index (κ1) is 68.1. The second kappa shape index (κ2) is 42.9. The van der Waals surface area contributed by atoms with Crippen LogP contribution in [0.2, 0.25) is 5.04 Å². The lowest BCUT2D eigenvalue weighted by molar-refractivity contribution is -0.150. The van der Waals surface area contributed by atoms with Gasteiger partial charge in [0.15, 0.2) is 0 Å². The zero-order valence-electron chi connectivity index (χ0n) is 50.2. The van der Waals surface area contributed by atoms with Crippen LogP contribution in [-0.2, 0) is 28.3 Å². The average Bonchev–Trinajstić information content (AvgIpc) is 3.40. The zero-order chi connectivity index (χ0) is 54.8. The van der Waals surface area contributed by atoms with Gasteiger partial charge >= 0.3 is 11.9 Å². The summed E-state index contributed by atoms with van der Waals surface area (Å²) in [5.74, 6) is -0.137. The Hall–Kier alpha value is -3.01. The minimum absolute atomic E-state index is 0.00774. The first-order valence-corrected chi connectivity index (χ1v) is 33.3. The van der Waals surface area contributed by atoms with Crippen LogP contribution in [0.25, 0.3) is 0 Å². The maximum atomic E-state index is 13.6. The van der Waals surface area contributed by atoms with Crippen molar-refractivity contribution in [2.75, 3.05) is 47.0 Å². The van der Waals surface area contributed by atoms with E-state index in [-0.39, 0.29) is 41.3 Å². The minimum atomic E-state index is -2.61. The number of rotatable bonds is 48. The summed E-state index contributed by atoms with van der Waals surface area (Å²) in [4.78, 5) is 44.2. The van der Waals surface area contributed by atoms with Gasteiger partial charge in [-0.2, -0.15) is 0 Å². The predicted octanol–water partition coefficient (Wildman–Crippen LogP) is 16.6. The number of unbranched alkanes of at least 4 members (excludes halogenated alkanes) is 20. The van der Waals surface area contributed by atoms with Crippen LogP contribution in [0.3, 0.4) is 0 Å². The number of ether oxygens (including phenoxy) is 2. The summed E-state index contributed by atoms with van der Waals surface area (Å²) < 4.78 is 19.0. The molecule has 0 saturated heterocycles. The Morgan fingerprint density at radius 2 is 0.853 bits per heavy atom. The topological polar surface area (TPSA) is 85.4 Å². The summed E-state index contributed by atoms with van der Waals surface area (Å²) in [6, 6.07) is 22.3. The van der Waals surface area contributed by atoms with Gasteiger partial charge < -0.3 is 23.7 Å². The molecular formula is C66H116N2O6Si. The van der Waals surface area contributed by atoms with Gasteiger partial charge in [0.1, 0.15) is 6.54 Å². The van der Waals surface area contributed by atoms with Gasteiger partial charge in [0, 0.05) is 32.2 Å². The van der Waals surface area contributed by atoms with E-state index in [1.807, 2.05) is 0 Å².